The van der Waals surface area contributed by atoms with Gasteiger partial charge < -0.3 is 19.1 Å². The number of carbonyl (C=O) groups excluding carboxylic acids is 1. The zero-order valence-corrected chi connectivity index (χ0v) is 21.2. The number of amides is 1. The summed E-state index contributed by atoms with van der Waals surface area (Å²) < 4.78 is 32.0. The lowest BCUT2D eigenvalue weighted by Gasteiger charge is -2.35. The predicted molar refractivity (Wildman–Crippen MR) is 138 cm³/mol. The summed E-state index contributed by atoms with van der Waals surface area (Å²) in [5.74, 6) is -0.369. The van der Waals surface area contributed by atoms with Crippen LogP contribution in [0.3, 0.4) is 0 Å². The molecule has 3 aliphatic rings. The summed E-state index contributed by atoms with van der Waals surface area (Å²) in [6.45, 7) is 6.49. The second-order valence-electron chi connectivity index (χ2n) is 9.93. The summed E-state index contributed by atoms with van der Waals surface area (Å²) in [4.78, 5) is 32.6. The fourth-order valence-corrected chi connectivity index (χ4v) is 6.81. The molecule has 4 heterocycles. The molecule has 0 bridgehead atoms. The molecule has 0 atom stereocenters. The largest absolute Gasteiger partial charge is 0.422 e. The number of piperazine rings is 1. The van der Waals surface area contributed by atoms with Crippen molar-refractivity contribution in [2.75, 3.05) is 49.4 Å². The molecule has 0 saturated carbocycles. The lowest BCUT2D eigenvalue weighted by molar-refractivity contribution is 0.0733. The van der Waals surface area contributed by atoms with Crippen LogP contribution < -0.4 is 15.2 Å². The molecule has 3 aliphatic heterocycles. The van der Waals surface area contributed by atoms with Crippen molar-refractivity contribution in [3.05, 3.63) is 68.6 Å². The van der Waals surface area contributed by atoms with Crippen molar-refractivity contribution < 1.29 is 17.6 Å². The Hall–Kier alpha value is -3.37. The number of nitrogens with one attached hydrogen (secondary N) is 1. The van der Waals surface area contributed by atoms with E-state index in [9.17, 15) is 18.0 Å². The Labute approximate surface area is 209 Å². The van der Waals surface area contributed by atoms with Gasteiger partial charge in [-0.1, -0.05) is 0 Å². The van der Waals surface area contributed by atoms with Gasteiger partial charge in [-0.3, -0.25) is 9.52 Å². The predicted octanol–water partition coefficient (Wildman–Crippen LogP) is 2.31. The number of aryl methyl sites for hydroxylation is 1. The van der Waals surface area contributed by atoms with Crippen LogP contribution in [0.1, 0.15) is 32.6 Å². The van der Waals surface area contributed by atoms with E-state index >= 15 is 0 Å². The standard InChI is InChI=1S/C26H28N4O5S/c1-16-23(29-11-9-28(2)10-12-29)6-4-20-19-7-8-30(14-21(19)26(32)35-24(16)20)25(31)17-3-5-22-18(13-17)15-36(33,34)27-22/h3-6,13,27H,7-12,14-15H2,1-2H3. The van der Waals surface area contributed by atoms with Crippen molar-refractivity contribution in [3.63, 3.8) is 0 Å². The first-order valence-corrected chi connectivity index (χ1v) is 13.8. The minimum Gasteiger partial charge on any atom is -0.422 e. The third-order valence-electron chi connectivity index (χ3n) is 7.58. The number of rotatable bonds is 2. The lowest BCUT2D eigenvalue weighted by Crippen LogP contribution is -2.44. The Kier molecular flexibility index (Phi) is 5.34. The molecule has 10 heteroatoms. The van der Waals surface area contributed by atoms with E-state index in [1.54, 1.807) is 23.1 Å². The number of likely N-dealkylation sites (N-methyl/N-ethyl adjacent to an activating group) is 1. The Bertz CT molecular complexity index is 1570. The van der Waals surface area contributed by atoms with Crippen LogP contribution in [0.2, 0.25) is 0 Å². The molecule has 1 aromatic heterocycles. The number of hydrogen-bond acceptors (Lipinski definition) is 7. The topological polar surface area (TPSA) is 103 Å². The number of hydrogen-bond donors (Lipinski definition) is 1. The zero-order chi connectivity index (χ0) is 25.2. The van der Waals surface area contributed by atoms with Crippen LogP contribution in [0.25, 0.3) is 11.0 Å². The normalized spacial score (nSPS) is 19.2. The van der Waals surface area contributed by atoms with Gasteiger partial charge in [-0.05, 0) is 61.9 Å². The maximum Gasteiger partial charge on any atom is 0.341 e. The van der Waals surface area contributed by atoms with Gasteiger partial charge in [0.05, 0.1) is 23.5 Å². The maximum absolute atomic E-state index is 13.3. The van der Waals surface area contributed by atoms with E-state index in [4.69, 9.17) is 4.42 Å². The molecule has 1 fully saturated rings. The molecular weight excluding hydrogens is 480 g/mol. The summed E-state index contributed by atoms with van der Waals surface area (Å²) in [5.41, 5.74) is 5.25. The molecule has 3 aromatic rings. The van der Waals surface area contributed by atoms with Crippen molar-refractivity contribution in [1.29, 1.82) is 0 Å². The molecule has 9 nitrogen and oxygen atoms in total. The fourth-order valence-electron chi connectivity index (χ4n) is 5.55. The van der Waals surface area contributed by atoms with Crippen molar-refractivity contribution in [2.45, 2.75) is 25.6 Å². The molecule has 188 valence electrons. The molecule has 1 saturated heterocycles. The monoisotopic (exact) mass is 508 g/mol. The van der Waals surface area contributed by atoms with Crippen LogP contribution in [0, 0.1) is 6.92 Å². The van der Waals surface area contributed by atoms with E-state index in [1.807, 2.05) is 13.0 Å². The minimum absolute atomic E-state index is 0.142. The number of benzene rings is 2. The first-order chi connectivity index (χ1) is 17.2. The van der Waals surface area contributed by atoms with Crippen LogP contribution in [0.4, 0.5) is 11.4 Å². The van der Waals surface area contributed by atoms with Crippen LogP contribution in [-0.2, 0) is 28.7 Å². The van der Waals surface area contributed by atoms with E-state index in [0.717, 1.165) is 48.4 Å². The van der Waals surface area contributed by atoms with Crippen molar-refractivity contribution >= 4 is 38.3 Å². The lowest BCUT2D eigenvalue weighted by atomic mass is 9.95. The Balaban J connectivity index is 1.30. The SMILES string of the molecule is Cc1c(N2CCN(C)CC2)ccc2c3c(c(=O)oc12)CN(C(=O)c1ccc2c(c1)CS(=O)(=O)N2)CC3. The number of nitrogens with zero attached hydrogens (tertiary/aromatic N) is 3. The highest BCUT2D eigenvalue weighted by molar-refractivity contribution is 7.92. The van der Waals surface area contributed by atoms with Gasteiger partial charge in [-0.15, -0.1) is 0 Å². The fraction of sp³-hybridized carbons (Fsp3) is 0.385. The van der Waals surface area contributed by atoms with Gasteiger partial charge in [0.1, 0.15) is 5.58 Å². The highest BCUT2D eigenvalue weighted by atomic mass is 32.2. The molecule has 1 N–H and O–H groups in total. The molecule has 1 amide bonds. The number of anilines is 2. The van der Waals surface area contributed by atoms with Gasteiger partial charge in [-0.2, -0.15) is 0 Å². The summed E-state index contributed by atoms with van der Waals surface area (Å²) in [6.07, 6.45) is 0.553. The van der Waals surface area contributed by atoms with Gasteiger partial charge in [0.2, 0.25) is 10.0 Å². The first-order valence-electron chi connectivity index (χ1n) is 12.1. The minimum atomic E-state index is -3.39. The number of carbonyl (C=O) groups is 1. The van der Waals surface area contributed by atoms with Gasteiger partial charge in [0, 0.05) is 54.9 Å². The summed E-state index contributed by atoms with van der Waals surface area (Å²) in [7, 11) is -1.27. The molecule has 0 spiro atoms. The Morgan fingerprint density at radius 3 is 2.58 bits per heavy atom. The van der Waals surface area contributed by atoms with Gasteiger partial charge in [-0.25, -0.2) is 13.2 Å². The van der Waals surface area contributed by atoms with E-state index in [1.165, 1.54) is 0 Å². The summed E-state index contributed by atoms with van der Waals surface area (Å²) in [6, 6.07) is 9.03. The second-order valence-corrected chi connectivity index (χ2v) is 11.7. The average Bonchev–Trinajstić information content (AvgIpc) is 3.18. The average molecular weight is 509 g/mol. The first kappa shape index (κ1) is 23.1. The van der Waals surface area contributed by atoms with E-state index in [2.05, 4.69) is 27.6 Å². The van der Waals surface area contributed by atoms with Crippen LogP contribution in [-0.4, -0.2) is 63.9 Å². The molecule has 2 aromatic carbocycles. The van der Waals surface area contributed by atoms with Crippen LogP contribution >= 0.6 is 0 Å². The third kappa shape index (κ3) is 3.84. The highest BCUT2D eigenvalue weighted by Crippen LogP contribution is 2.33. The van der Waals surface area contributed by atoms with Gasteiger partial charge >= 0.3 is 5.63 Å². The Morgan fingerprint density at radius 2 is 1.81 bits per heavy atom. The van der Waals surface area contributed by atoms with Gasteiger partial charge in [0.25, 0.3) is 5.91 Å². The van der Waals surface area contributed by atoms with Crippen molar-refractivity contribution in [1.82, 2.24) is 9.80 Å². The second kappa shape index (κ2) is 8.35. The molecule has 0 radical (unpaired) electrons. The van der Waals surface area contributed by atoms with E-state index in [0.29, 0.717) is 40.9 Å². The van der Waals surface area contributed by atoms with Crippen molar-refractivity contribution in [3.8, 4) is 0 Å². The molecule has 6 rings (SSSR count). The van der Waals surface area contributed by atoms with Crippen LogP contribution in [0.15, 0.2) is 39.5 Å². The molecule has 0 unspecified atom stereocenters. The van der Waals surface area contributed by atoms with Crippen LogP contribution in [0.5, 0.6) is 0 Å². The Morgan fingerprint density at radius 1 is 1.03 bits per heavy atom. The number of fused-ring (bicyclic) bond motifs is 4. The third-order valence-corrected chi connectivity index (χ3v) is 8.80. The van der Waals surface area contributed by atoms with Crippen molar-refractivity contribution in [2.24, 2.45) is 0 Å². The zero-order valence-electron chi connectivity index (χ0n) is 20.3. The maximum atomic E-state index is 13.3. The smallest absolute Gasteiger partial charge is 0.341 e. The van der Waals surface area contributed by atoms with E-state index < -0.39 is 15.6 Å². The highest BCUT2D eigenvalue weighted by Gasteiger charge is 2.29. The molecule has 0 aliphatic carbocycles. The molecular formula is C26H28N4O5S. The summed E-state index contributed by atoms with van der Waals surface area (Å²) >= 11 is 0. The number of sulfonamides is 1. The summed E-state index contributed by atoms with van der Waals surface area (Å²) in [5, 5.41) is 0.931. The van der Waals surface area contributed by atoms with E-state index in [-0.39, 0.29) is 18.2 Å². The quantitative estimate of drug-likeness (QED) is 0.530. The molecule has 36 heavy (non-hydrogen) atoms. The van der Waals surface area contributed by atoms with Gasteiger partial charge in [0.15, 0.2) is 0 Å².